The van der Waals surface area contributed by atoms with Crippen LogP contribution < -0.4 is 5.32 Å². The third kappa shape index (κ3) is 4.97. The SMILES string of the molecule is CC1CCCC(NCCOC(C)C)C1. The van der Waals surface area contributed by atoms with Gasteiger partial charge in [0.05, 0.1) is 12.7 Å². The van der Waals surface area contributed by atoms with Crippen LogP contribution in [0.1, 0.15) is 46.5 Å². The minimum Gasteiger partial charge on any atom is -0.377 e. The first kappa shape index (κ1) is 12.0. The highest BCUT2D eigenvalue weighted by molar-refractivity contribution is 4.75. The molecule has 1 N–H and O–H groups in total. The van der Waals surface area contributed by atoms with Crippen LogP contribution in [-0.2, 0) is 4.74 Å². The molecular formula is C12H25NO. The summed E-state index contributed by atoms with van der Waals surface area (Å²) >= 11 is 0. The molecule has 1 fully saturated rings. The summed E-state index contributed by atoms with van der Waals surface area (Å²) in [6, 6.07) is 0.745. The Kier molecular flexibility index (Phi) is 5.49. The van der Waals surface area contributed by atoms with Gasteiger partial charge in [0.15, 0.2) is 0 Å². The van der Waals surface area contributed by atoms with E-state index in [9.17, 15) is 0 Å². The molecule has 84 valence electrons. The second kappa shape index (κ2) is 6.41. The maximum atomic E-state index is 5.50. The first-order valence-corrected chi connectivity index (χ1v) is 6.03. The Hall–Kier alpha value is -0.0800. The van der Waals surface area contributed by atoms with Crippen LogP contribution in [0.5, 0.6) is 0 Å². The van der Waals surface area contributed by atoms with Crippen LogP contribution in [0.4, 0.5) is 0 Å². The molecule has 2 unspecified atom stereocenters. The van der Waals surface area contributed by atoms with Crippen molar-refractivity contribution < 1.29 is 4.74 Å². The minimum atomic E-state index is 0.363. The summed E-state index contributed by atoms with van der Waals surface area (Å²) in [5.74, 6) is 0.910. The molecule has 0 aromatic heterocycles. The van der Waals surface area contributed by atoms with E-state index >= 15 is 0 Å². The Balaban J connectivity index is 2.00. The Morgan fingerprint density at radius 1 is 1.36 bits per heavy atom. The largest absolute Gasteiger partial charge is 0.377 e. The molecule has 1 aliphatic rings. The summed E-state index contributed by atoms with van der Waals surface area (Å²) in [7, 11) is 0. The van der Waals surface area contributed by atoms with Crippen LogP contribution in [0, 0.1) is 5.92 Å². The van der Waals surface area contributed by atoms with Crippen molar-refractivity contribution >= 4 is 0 Å². The lowest BCUT2D eigenvalue weighted by molar-refractivity contribution is 0.0779. The second-order valence-electron chi connectivity index (χ2n) is 4.84. The molecule has 0 radical (unpaired) electrons. The predicted octanol–water partition coefficient (Wildman–Crippen LogP) is 2.58. The van der Waals surface area contributed by atoms with E-state index in [0.717, 1.165) is 25.1 Å². The fraction of sp³-hybridized carbons (Fsp3) is 1.00. The van der Waals surface area contributed by atoms with E-state index in [-0.39, 0.29) is 0 Å². The summed E-state index contributed by atoms with van der Waals surface area (Å²) in [6.45, 7) is 8.39. The molecule has 1 aliphatic carbocycles. The van der Waals surface area contributed by atoms with Crippen molar-refractivity contribution in [2.75, 3.05) is 13.2 Å². The normalized spacial score (nSPS) is 28.3. The molecule has 14 heavy (non-hydrogen) atoms. The third-order valence-corrected chi connectivity index (χ3v) is 2.92. The van der Waals surface area contributed by atoms with Gasteiger partial charge in [0.25, 0.3) is 0 Å². The molecular weight excluding hydrogens is 174 g/mol. The third-order valence-electron chi connectivity index (χ3n) is 2.92. The van der Waals surface area contributed by atoms with Gasteiger partial charge < -0.3 is 10.1 Å². The number of nitrogens with one attached hydrogen (secondary N) is 1. The van der Waals surface area contributed by atoms with Crippen molar-refractivity contribution in [2.45, 2.75) is 58.6 Å². The fourth-order valence-corrected chi connectivity index (χ4v) is 2.18. The van der Waals surface area contributed by atoms with E-state index in [1.807, 2.05) is 0 Å². The summed E-state index contributed by atoms with van der Waals surface area (Å²) in [6.07, 6.45) is 5.88. The summed E-state index contributed by atoms with van der Waals surface area (Å²) < 4.78 is 5.50. The van der Waals surface area contributed by atoms with Crippen molar-refractivity contribution in [3.63, 3.8) is 0 Å². The van der Waals surface area contributed by atoms with Crippen molar-refractivity contribution in [2.24, 2.45) is 5.92 Å². The molecule has 1 saturated carbocycles. The van der Waals surface area contributed by atoms with E-state index < -0.39 is 0 Å². The number of hydrogen-bond acceptors (Lipinski definition) is 2. The highest BCUT2D eigenvalue weighted by Crippen LogP contribution is 2.23. The zero-order chi connectivity index (χ0) is 10.4. The van der Waals surface area contributed by atoms with E-state index in [4.69, 9.17) is 4.74 Å². The highest BCUT2D eigenvalue weighted by atomic mass is 16.5. The zero-order valence-corrected chi connectivity index (χ0v) is 9.88. The first-order chi connectivity index (χ1) is 6.68. The van der Waals surface area contributed by atoms with Crippen LogP contribution in [0.3, 0.4) is 0 Å². The van der Waals surface area contributed by atoms with Crippen LogP contribution in [0.25, 0.3) is 0 Å². The van der Waals surface area contributed by atoms with Crippen LogP contribution in [0.15, 0.2) is 0 Å². The maximum absolute atomic E-state index is 5.50. The Morgan fingerprint density at radius 3 is 2.79 bits per heavy atom. The van der Waals surface area contributed by atoms with Gasteiger partial charge in [-0.05, 0) is 32.6 Å². The second-order valence-corrected chi connectivity index (χ2v) is 4.84. The standard InChI is InChI=1S/C12H25NO/c1-10(2)14-8-7-13-12-6-4-5-11(3)9-12/h10-13H,4-9H2,1-3H3. The van der Waals surface area contributed by atoms with Gasteiger partial charge in [0, 0.05) is 12.6 Å². The zero-order valence-electron chi connectivity index (χ0n) is 9.88. The smallest absolute Gasteiger partial charge is 0.0594 e. The van der Waals surface area contributed by atoms with E-state index in [1.54, 1.807) is 0 Å². The van der Waals surface area contributed by atoms with Gasteiger partial charge in [-0.3, -0.25) is 0 Å². The van der Waals surface area contributed by atoms with E-state index in [2.05, 4.69) is 26.1 Å². The molecule has 1 rings (SSSR count). The van der Waals surface area contributed by atoms with Crippen molar-refractivity contribution in [1.82, 2.24) is 5.32 Å². The average Bonchev–Trinajstić information content (AvgIpc) is 2.12. The number of hydrogen-bond donors (Lipinski definition) is 1. The monoisotopic (exact) mass is 199 g/mol. The molecule has 0 spiro atoms. The predicted molar refractivity (Wildman–Crippen MR) is 60.5 cm³/mol. The summed E-state index contributed by atoms with van der Waals surface area (Å²) in [4.78, 5) is 0. The molecule has 2 nitrogen and oxygen atoms in total. The molecule has 0 amide bonds. The molecule has 0 aliphatic heterocycles. The fourth-order valence-electron chi connectivity index (χ4n) is 2.18. The quantitative estimate of drug-likeness (QED) is 0.687. The van der Waals surface area contributed by atoms with Crippen LogP contribution in [-0.4, -0.2) is 25.3 Å². The topological polar surface area (TPSA) is 21.3 Å². The van der Waals surface area contributed by atoms with Crippen LogP contribution in [0.2, 0.25) is 0 Å². The minimum absolute atomic E-state index is 0.363. The van der Waals surface area contributed by atoms with Crippen molar-refractivity contribution in [3.05, 3.63) is 0 Å². The maximum Gasteiger partial charge on any atom is 0.0594 e. The lowest BCUT2D eigenvalue weighted by Gasteiger charge is -2.27. The van der Waals surface area contributed by atoms with Gasteiger partial charge in [0.2, 0.25) is 0 Å². The lowest BCUT2D eigenvalue weighted by atomic mass is 9.87. The first-order valence-electron chi connectivity index (χ1n) is 6.03. The lowest BCUT2D eigenvalue weighted by Crippen LogP contribution is -2.35. The average molecular weight is 199 g/mol. The van der Waals surface area contributed by atoms with Gasteiger partial charge >= 0.3 is 0 Å². The Labute approximate surface area is 88.4 Å². The van der Waals surface area contributed by atoms with Crippen molar-refractivity contribution in [3.8, 4) is 0 Å². The van der Waals surface area contributed by atoms with Gasteiger partial charge in [-0.1, -0.05) is 19.8 Å². The summed E-state index contributed by atoms with van der Waals surface area (Å²) in [5, 5.41) is 3.58. The Bertz CT molecular complexity index is 147. The number of rotatable bonds is 5. The Morgan fingerprint density at radius 2 is 2.14 bits per heavy atom. The van der Waals surface area contributed by atoms with Gasteiger partial charge in [0.1, 0.15) is 0 Å². The summed E-state index contributed by atoms with van der Waals surface area (Å²) in [5.41, 5.74) is 0. The molecule has 0 saturated heterocycles. The number of ether oxygens (including phenoxy) is 1. The molecule has 0 bridgehead atoms. The van der Waals surface area contributed by atoms with Gasteiger partial charge in [-0.15, -0.1) is 0 Å². The van der Waals surface area contributed by atoms with Gasteiger partial charge in [-0.25, -0.2) is 0 Å². The molecule has 0 aromatic rings. The molecule has 2 heteroatoms. The van der Waals surface area contributed by atoms with Crippen LogP contribution >= 0.6 is 0 Å². The van der Waals surface area contributed by atoms with Gasteiger partial charge in [-0.2, -0.15) is 0 Å². The highest BCUT2D eigenvalue weighted by Gasteiger charge is 2.17. The molecule has 0 aromatic carbocycles. The van der Waals surface area contributed by atoms with E-state index in [0.29, 0.717) is 6.10 Å². The molecule has 2 atom stereocenters. The van der Waals surface area contributed by atoms with E-state index in [1.165, 1.54) is 25.7 Å². The molecule has 0 heterocycles. The van der Waals surface area contributed by atoms with Crippen molar-refractivity contribution in [1.29, 1.82) is 0 Å².